The van der Waals surface area contributed by atoms with E-state index in [-0.39, 0.29) is 6.09 Å². The van der Waals surface area contributed by atoms with Crippen LogP contribution in [0.1, 0.15) is 33.6 Å². The van der Waals surface area contributed by atoms with E-state index in [1.54, 1.807) is 0 Å². The Hall–Kier alpha value is -1.43. The van der Waals surface area contributed by atoms with Gasteiger partial charge >= 0.3 is 6.09 Å². The maximum Gasteiger partial charge on any atom is 0.410 e. The fourth-order valence-electron chi connectivity index (χ4n) is 3.30. The van der Waals surface area contributed by atoms with Crippen molar-refractivity contribution in [3.8, 4) is 5.75 Å². The molecular formula is C18H25BrN2O3. The van der Waals surface area contributed by atoms with Crippen LogP contribution in [0.15, 0.2) is 22.7 Å². The predicted molar refractivity (Wildman–Crippen MR) is 97.8 cm³/mol. The topological polar surface area (TPSA) is 42.0 Å². The van der Waals surface area contributed by atoms with Crippen molar-refractivity contribution >= 4 is 27.7 Å². The molecule has 0 atom stereocenters. The van der Waals surface area contributed by atoms with E-state index in [4.69, 9.17) is 9.47 Å². The summed E-state index contributed by atoms with van der Waals surface area (Å²) < 4.78 is 12.3. The van der Waals surface area contributed by atoms with Gasteiger partial charge in [-0.25, -0.2) is 4.79 Å². The Morgan fingerprint density at radius 1 is 1.25 bits per heavy atom. The minimum atomic E-state index is -0.441. The second-order valence-corrected chi connectivity index (χ2v) is 8.18. The largest absolute Gasteiger partial charge is 0.488 e. The third kappa shape index (κ3) is 3.79. The first kappa shape index (κ1) is 17.4. The highest BCUT2D eigenvalue weighted by atomic mass is 79.9. The summed E-state index contributed by atoms with van der Waals surface area (Å²) in [4.78, 5) is 16.5. The number of amides is 1. The number of ether oxygens (including phenoxy) is 2. The van der Waals surface area contributed by atoms with Gasteiger partial charge in [0.2, 0.25) is 0 Å². The van der Waals surface area contributed by atoms with Crippen LogP contribution in [0.25, 0.3) is 0 Å². The standard InChI is InChI=1S/C18H25BrN2O3/c1-18(2,3)24-17(22)20-9-7-13(8-10-20)21-11-12-23-16-14(19)5-4-6-15(16)21/h4-6,13H,7-12H2,1-3H3. The molecule has 6 heteroatoms. The monoisotopic (exact) mass is 396 g/mol. The summed E-state index contributed by atoms with van der Waals surface area (Å²) in [5, 5.41) is 0. The molecule has 3 rings (SSSR count). The fraction of sp³-hybridized carbons (Fsp3) is 0.611. The average molecular weight is 397 g/mol. The SMILES string of the molecule is CC(C)(C)OC(=O)N1CCC(N2CCOc3c(Br)cccc32)CC1. The van der Waals surface area contributed by atoms with E-state index in [2.05, 4.69) is 26.9 Å². The van der Waals surface area contributed by atoms with E-state index in [1.165, 1.54) is 0 Å². The maximum atomic E-state index is 12.2. The molecule has 0 N–H and O–H groups in total. The van der Waals surface area contributed by atoms with Gasteiger partial charge in [0, 0.05) is 19.1 Å². The number of nitrogens with zero attached hydrogens (tertiary/aromatic N) is 2. The fourth-order valence-corrected chi connectivity index (χ4v) is 3.77. The molecule has 0 bridgehead atoms. The lowest BCUT2D eigenvalue weighted by molar-refractivity contribution is 0.0203. The third-order valence-corrected chi connectivity index (χ3v) is 5.02. The van der Waals surface area contributed by atoms with Gasteiger partial charge in [-0.15, -0.1) is 0 Å². The predicted octanol–water partition coefficient (Wildman–Crippen LogP) is 4.05. The second kappa shape index (κ2) is 6.82. The van der Waals surface area contributed by atoms with Crippen LogP contribution >= 0.6 is 15.9 Å². The van der Waals surface area contributed by atoms with Gasteiger partial charge in [-0.05, 0) is 61.7 Å². The molecule has 0 spiro atoms. The van der Waals surface area contributed by atoms with Crippen molar-refractivity contribution in [1.29, 1.82) is 0 Å². The van der Waals surface area contributed by atoms with Crippen LogP contribution in [0, 0.1) is 0 Å². The number of para-hydroxylation sites is 1. The van der Waals surface area contributed by atoms with E-state index < -0.39 is 5.60 Å². The summed E-state index contributed by atoms with van der Waals surface area (Å²) in [7, 11) is 0. The normalized spacial score (nSPS) is 18.8. The lowest BCUT2D eigenvalue weighted by Crippen LogP contribution is -2.50. The molecule has 1 fully saturated rings. The number of anilines is 1. The average Bonchev–Trinajstić information content (AvgIpc) is 2.53. The summed E-state index contributed by atoms with van der Waals surface area (Å²) in [6, 6.07) is 6.59. The van der Waals surface area contributed by atoms with Gasteiger partial charge in [0.25, 0.3) is 0 Å². The minimum Gasteiger partial charge on any atom is -0.488 e. The van der Waals surface area contributed by atoms with Crippen molar-refractivity contribution in [3.63, 3.8) is 0 Å². The first-order valence-corrected chi connectivity index (χ1v) is 9.30. The lowest BCUT2D eigenvalue weighted by Gasteiger charge is -2.42. The van der Waals surface area contributed by atoms with Gasteiger partial charge in [0.1, 0.15) is 12.2 Å². The zero-order valence-electron chi connectivity index (χ0n) is 14.5. The Kier molecular flexibility index (Phi) is 4.95. The van der Waals surface area contributed by atoms with Crippen LogP contribution < -0.4 is 9.64 Å². The molecule has 24 heavy (non-hydrogen) atoms. The quantitative estimate of drug-likeness (QED) is 0.717. The molecule has 0 unspecified atom stereocenters. The number of fused-ring (bicyclic) bond motifs is 1. The number of likely N-dealkylation sites (tertiary alicyclic amines) is 1. The number of rotatable bonds is 1. The minimum absolute atomic E-state index is 0.203. The highest BCUT2D eigenvalue weighted by Gasteiger charge is 2.32. The number of hydrogen-bond donors (Lipinski definition) is 0. The molecule has 2 heterocycles. The molecule has 5 nitrogen and oxygen atoms in total. The Balaban J connectivity index is 1.64. The van der Waals surface area contributed by atoms with Gasteiger partial charge < -0.3 is 19.3 Å². The van der Waals surface area contributed by atoms with Crippen LogP contribution in [-0.4, -0.2) is 48.9 Å². The second-order valence-electron chi connectivity index (χ2n) is 7.33. The van der Waals surface area contributed by atoms with Crippen LogP contribution in [0.2, 0.25) is 0 Å². The highest BCUT2D eigenvalue weighted by molar-refractivity contribution is 9.10. The number of benzene rings is 1. The van der Waals surface area contributed by atoms with Gasteiger partial charge in [-0.3, -0.25) is 0 Å². The molecule has 1 aromatic rings. The number of halogens is 1. The van der Waals surface area contributed by atoms with E-state index in [1.807, 2.05) is 37.8 Å². The van der Waals surface area contributed by atoms with Crippen molar-refractivity contribution in [2.24, 2.45) is 0 Å². The van der Waals surface area contributed by atoms with E-state index in [0.29, 0.717) is 12.6 Å². The maximum absolute atomic E-state index is 12.2. The molecule has 2 aliphatic rings. The van der Waals surface area contributed by atoms with Crippen molar-refractivity contribution in [2.75, 3.05) is 31.1 Å². The van der Waals surface area contributed by atoms with Gasteiger partial charge in [-0.2, -0.15) is 0 Å². The van der Waals surface area contributed by atoms with Gasteiger partial charge in [0.15, 0.2) is 5.75 Å². The molecular weight excluding hydrogens is 372 g/mol. The summed E-state index contributed by atoms with van der Waals surface area (Å²) in [6.07, 6.45) is 1.70. The summed E-state index contributed by atoms with van der Waals surface area (Å²) in [5.74, 6) is 0.929. The summed E-state index contributed by atoms with van der Waals surface area (Å²) in [5.41, 5.74) is 0.704. The van der Waals surface area contributed by atoms with E-state index >= 15 is 0 Å². The lowest BCUT2D eigenvalue weighted by atomic mass is 10.0. The van der Waals surface area contributed by atoms with Crippen LogP contribution in [0.3, 0.4) is 0 Å². The van der Waals surface area contributed by atoms with Crippen molar-refractivity contribution in [2.45, 2.75) is 45.3 Å². The first-order valence-electron chi connectivity index (χ1n) is 8.51. The Morgan fingerprint density at radius 2 is 1.96 bits per heavy atom. The molecule has 1 aromatic carbocycles. The van der Waals surface area contributed by atoms with Crippen molar-refractivity contribution in [3.05, 3.63) is 22.7 Å². The molecule has 0 saturated carbocycles. The summed E-state index contributed by atoms with van der Waals surface area (Å²) in [6.45, 7) is 8.77. The Morgan fingerprint density at radius 3 is 2.62 bits per heavy atom. The Bertz CT molecular complexity index is 607. The van der Waals surface area contributed by atoms with Crippen molar-refractivity contribution < 1.29 is 14.3 Å². The van der Waals surface area contributed by atoms with E-state index in [9.17, 15) is 4.79 Å². The molecule has 0 radical (unpaired) electrons. The molecule has 1 saturated heterocycles. The Labute approximate surface area is 152 Å². The third-order valence-electron chi connectivity index (χ3n) is 4.39. The van der Waals surface area contributed by atoms with Gasteiger partial charge in [0.05, 0.1) is 16.7 Å². The summed E-state index contributed by atoms with van der Waals surface area (Å²) >= 11 is 3.57. The number of hydrogen-bond acceptors (Lipinski definition) is 4. The molecule has 2 aliphatic heterocycles. The van der Waals surface area contributed by atoms with Crippen LogP contribution in [0.5, 0.6) is 5.75 Å². The molecule has 0 aliphatic carbocycles. The molecule has 1 amide bonds. The number of carbonyl (C=O) groups is 1. The molecule has 0 aromatic heterocycles. The van der Waals surface area contributed by atoms with E-state index in [0.717, 1.165) is 48.4 Å². The van der Waals surface area contributed by atoms with Gasteiger partial charge in [-0.1, -0.05) is 6.07 Å². The highest BCUT2D eigenvalue weighted by Crippen LogP contribution is 2.40. The number of piperidine rings is 1. The first-order chi connectivity index (χ1) is 11.3. The van der Waals surface area contributed by atoms with Crippen molar-refractivity contribution in [1.82, 2.24) is 4.90 Å². The smallest absolute Gasteiger partial charge is 0.410 e. The zero-order valence-corrected chi connectivity index (χ0v) is 16.1. The van der Waals surface area contributed by atoms with Crippen LogP contribution in [-0.2, 0) is 4.74 Å². The molecule has 132 valence electrons. The van der Waals surface area contributed by atoms with Crippen LogP contribution in [0.4, 0.5) is 10.5 Å². The zero-order chi connectivity index (χ0) is 17.3. The number of carbonyl (C=O) groups excluding carboxylic acids is 1.